The highest BCUT2D eigenvalue weighted by Gasteiger charge is 2.61. The van der Waals surface area contributed by atoms with Crippen molar-refractivity contribution >= 4 is 11.9 Å². The van der Waals surface area contributed by atoms with Crippen LogP contribution in [0.1, 0.15) is 44.9 Å². The van der Waals surface area contributed by atoms with Crippen LogP contribution in [0, 0.1) is 29.1 Å². The SMILES string of the molecule is NC(=O)C12CC3CC(CC(C3)C1OC(=O)C1CCNCC1)C2. The zero-order valence-electron chi connectivity index (χ0n) is 13.1. The van der Waals surface area contributed by atoms with E-state index < -0.39 is 5.41 Å². The number of nitrogens with one attached hydrogen (secondary N) is 1. The van der Waals surface area contributed by atoms with Crippen molar-refractivity contribution < 1.29 is 14.3 Å². The summed E-state index contributed by atoms with van der Waals surface area (Å²) in [5.41, 5.74) is 5.22. The molecule has 5 rings (SSSR count). The van der Waals surface area contributed by atoms with Crippen LogP contribution >= 0.6 is 0 Å². The summed E-state index contributed by atoms with van der Waals surface area (Å²) in [5, 5.41) is 3.27. The maximum absolute atomic E-state index is 12.6. The lowest BCUT2D eigenvalue weighted by molar-refractivity contribution is -0.199. The molecule has 3 unspecified atom stereocenters. The Morgan fingerprint density at radius 1 is 1.05 bits per heavy atom. The average Bonchev–Trinajstić information content (AvgIpc) is 2.50. The molecule has 0 aromatic heterocycles. The summed E-state index contributed by atoms with van der Waals surface area (Å²) in [6, 6.07) is 0. The largest absolute Gasteiger partial charge is 0.461 e. The molecule has 1 aliphatic heterocycles. The molecule has 5 nitrogen and oxygen atoms in total. The lowest BCUT2D eigenvalue weighted by Crippen LogP contribution is -2.62. The first kappa shape index (κ1) is 14.5. The molecule has 1 heterocycles. The predicted molar refractivity (Wildman–Crippen MR) is 80.7 cm³/mol. The summed E-state index contributed by atoms with van der Waals surface area (Å²) >= 11 is 0. The number of piperidine rings is 1. The number of amides is 1. The molecular formula is C17H26N2O3. The van der Waals surface area contributed by atoms with Crippen LogP contribution in [-0.2, 0) is 14.3 Å². The van der Waals surface area contributed by atoms with Gasteiger partial charge in [0.1, 0.15) is 6.10 Å². The number of carbonyl (C=O) groups is 2. The van der Waals surface area contributed by atoms with E-state index in [-0.39, 0.29) is 23.9 Å². The highest BCUT2D eigenvalue weighted by atomic mass is 16.5. The smallest absolute Gasteiger partial charge is 0.309 e. The van der Waals surface area contributed by atoms with Gasteiger partial charge in [0.05, 0.1) is 11.3 Å². The van der Waals surface area contributed by atoms with Crippen LogP contribution in [0.4, 0.5) is 0 Å². The lowest BCUT2D eigenvalue weighted by Gasteiger charge is -2.58. The van der Waals surface area contributed by atoms with Gasteiger partial charge in [-0.3, -0.25) is 9.59 Å². The van der Waals surface area contributed by atoms with Gasteiger partial charge in [-0.05, 0) is 75.8 Å². The van der Waals surface area contributed by atoms with E-state index in [0.717, 1.165) is 51.6 Å². The van der Waals surface area contributed by atoms with Gasteiger partial charge in [0, 0.05) is 0 Å². The summed E-state index contributed by atoms with van der Waals surface area (Å²) in [6.07, 6.45) is 6.53. The van der Waals surface area contributed by atoms with Gasteiger partial charge in [0.2, 0.25) is 5.91 Å². The monoisotopic (exact) mass is 306 g/mol. The average molecular weight is 306 g/mol. The van der Waals surface area contributed by atoms with Crippen LogP contribution in [0.3, 0.4) is 0 Å². The second-order valence-corrected chi connectivity index (χ2v) is 8.01. The molecule has 5 heteroatoms. The second-order valence-electron chi connectivity index (χ2n) is 8.01. The maximum atomic E-state index is 12.6. The molecule has 122 valence electrons. The quantitative estimate of drug-likeness (QED) is 0.768. The Hall–Kier alpha value is -1.10. The predicted octanol–water partition coefficient (Wildman–Crippen LogP) is 1.21. The Balaban J connectivity index is 1.54. The third-order valence-electron chi connectivity index (χ3n) is 6.62. The van der Waals surface area contributed by atoms with E-state index >= 15 is 0 Å². The van der Waals surface area contributed by atoms with E-state index in [9.17, 15) is 9.59 Å². The molecule has 0 radical (unpaired) electrons. The Morgan fingerprint density at radius 3 is 2.27 bits per heavy atom. The minimum absolute atomic E-state index is 0.0108. The number of ether oxygens (including phenoxy) is 1. The van der Waals surface area contributed by atoms with Crippen molar-refractivity contribution in [1.82, 2.24) is 5.32 Å². The Kier molecular flexibility index (Phi) is 3.44. The van der Waals surface area contributed by atoms with Gasteiger partial charge < -0.3 is 15.8 Å². The van der Waals surface area contributed by atoms with Crippen molar-refractivity contribution in [2.24, 2.45) is 34.8 Å². The number of esters is 1. The van der Waals surface area contributed by atoms with E-state index in [2.05, 4.69) is 5.32 Å². The third kappa shape index (κ3) is 2.16. The van der Waals surface area contributed by atoms with Gasteiger partial charge in [-0.1, -0.05) is 0 Å². The minimum Gasteiger partial charge on any atom is -0.461 e. The molecule has 0 aromatic carbocycles. The van der Waals surface area contributed by atoms with E-state index in [1.807, 2.05) is 0 Å². The van der Waals surface area contributed by atoms with Crippen molar-refractivity contribution in [2.75, 3.05) is 13.1 Å². The number of hydrogen-bond donors (Lipinski definition) is 2. The minimum atomic E-state index is -0.572. The topological polar surface area (TPSA) is 81.4 Å². The first-order chi connectivity index (χ1) is 10.6. The lowest BCUT2D eigenvalue weighted by atomic mass is 9.48. The molecule has 5 fully saturated rings. The van der Waals surface area contributed by atoms with E-state index in [1.165, 1.54) is 6.42 Å². The fourth-order valence-corrected chi connectivity index (χ4v) is 5.82. The number of carbonyl (C=O) groups excluding carboxylic acids is 2. The highest BCUT2D eigenvalue weighted by Crippen LogP contribution is 2.61. The van der Waals surface area contributed by atoms with Crippen molar-refractivity contribution in [3.05, 3.63) is 0 Å². The molecular weight excluding hydrogens is 280 g/mol. The summed E-state index contributed by atoms with van der Waals surface area (Å²) in [4.78, 5) is 24.8. The molecule has 3 atom stereocenters. The highest BCUT2D eigenvalue weighted by molar-refractivity contribution is 5.83. The number of nitrogens with two attached hydrogens (primary N) is 1. The second kappa shape index (κ2) is 5.22. The first-order valence-electron chi connectivity index (χ1n) is 8.79. The van der Waals surface area contributed by atoms with Crippen molar-refractivity contribution in [1.29, 1.82) is 0 Å². The normalized spacial score (nSPS) is 44.0. The molecule has 0 aromatic rings. The Bertz CT molecular complexity index is 472. The molecule has 4 saturated carbocycles. The molecule has 1 amide bonds. The zero-order valence-corrected chi connectivity index (χ0v) is 13.1. The third-order valence-corrected chi connectivity index (χ3v) is 6.62. The first-order valence-corrected chi connectivity index (χ1v) is 8.79. The zero-order chi connectivity index (χ0) is 15.3. The molecule has 4 aliphatic carbocycles. The number of rotatable bonds is 3. The van der Waals surface area contributed by atoms with Gasteiger partial charge in [0.15, 0.2) is 0 Å². The summed E-state index contributed by atoms with van der Waals surface area (Å²) in [5.74, 6) is 1.22. The maximum Gasteiger partial charge on any atom is 0.309 e. The van der Waals surface area contributed by atoms with Gasteiger partial charge in [0.25, 0.3) is 0 Å². The van der Waals surface area contributed by atoms with Crippen molar-refractivity contribution in [2.45, 2.75) is 51.0 Å². The van der Waals surface area contributed by atoms with Crippen molar-refractivity contribution in [3.8, 4) is 0 Å². The van der Waals surface area contributed by atoms with Crippen LogP contribution in [0.5, 0.6) is 0 Å². The Labute approximate surface area is 131 Å². The van der Waals surface area contributed by atoms with Gasteiger partial charge in [-0.25, -0.2) is 0 Å². The molecule has 5 aliphatic rings. The fraction of sp³-hybridized carbons (Fsp3) is 0.882. The van der Waals surface area contributed by atoms with Crippen LogP contribution in [0.25, 0.3) is 0 Å². The molecule has 0 spiro atoms. The number of primary amides is 1. The number of hydrogen-bond acceptors (Lipinski definition) is 4. The fourth-order valence-electron chi connectivity index (χ4n) is 5.82. The van der Waals surface area contributed by atoms with Crippen LogP contribution in [0.2, 0.25) is 0 Å². The van der Waals surface area contributed by atoms with E-state index in [1.54, 1.807) is 0 Å². The van der Waals surface area contributed by atoms with Crippen LogP contribution < -0.4 is 11.1 Å². The molecule has 4 bridgehead atoms. The van der Waals surface area contributed by atoms with Crippen molar-refractivity contribution in [3.63, 3.8) is 0 Å². The summed E-state index contributed by atoms with van der Waals surface area (Å²) in [6.45, 7) is 1.75. The molecule has 1 saturated heterocycles. The van der Waals surface area contributed by atoms with Gasteiger partial charge in [-0.15, -0.1) is 0 Å². The van der Waals surface area contributed by atoms with Crippen LogP contribution in [-0.4, -0.2) is 31.1 Å². The standard InChI is InChI=1S/C17H26N2O3/c18-16(21)17-8-10-5-11(9-17)7-13(6-10)14(17)22-15(20)12-1-3-19-4-2-12/h10-14,19H,1-9H2,(H2,18,21). The molecule has 22 heavy (non-hydrogen) atoms. The Morgan fingerprint density at radius 2 is 1.68 bits per heavy atom. The van der Waals surface area contributed by atoms with Gasteiger partial charge in [-0.2, -0.15) is 0 Å². The van der Waals surface area contributed by atoms with E-state index in [0.29, 0.717) is 17.8 Å². The van der Waals surface area contributed by atoms with E-state index in [4.69, 9.17) is 10.5 Å². The van der Waals surface area contributed by atoms with Crippen LogP contribution in [0.15, 0.2) is 0 Å². The summed E-state index contributed by atoms with van der Waals surface area (Å²) in [7, 11) is 0. The van der Waals surface area contributed by atoms with Gasteiger partial charge >= 0.3 is 5.97 Å². The molecule has 3 N–H and O–H groups in total. The summed E-state index contributed by atoms with van der Waals surface area (Å²) < 4.78 is 5.96.